The van der Waals surface area contributed by atoms with Crippen molar-refractivity contribution in [2.45, 2.75) is 4.21 Å². The molecule has 0 saturated carbocycles. The van der Waals surface area contributed by atoms with Crippen LogP contribution >= 0.6 is 11.3 Å². The maximum Gasteiger partial charge on any atom is 0.271 e. The molecule has 1 amide bonds. The van der Waals surface area contributed by atoms with Crippen LogP contribution in [0.2, 0.25) is 0 Å². The Balaban J connectivity index is 1.62. The Labute approximate surface area is 169 Å². The zero-order chi connectivity index (χ0) is 20.9. The van der Waals surface area contributed by atoms with Gasteiger partial charge in [0.25, 0.3) is 21.6 Å². The van der Waals surface area contributed by atoms with Crippen LogP contribution in [0.25, 0.3) is 0 Å². The molecule has 0 fully saturated rings. The third kappa shape index (κ3) is 5.24. The normalized spacial score (nSPS) is 11.3. The number of nitro groups is 1. The Morgan fingerprint density at radius 3 is 2.52 bits per heavy atom. The van der Waals surface area contributed by atoms with Crippen LogP contribution in [0.4, 0.5) is 11.4 Å². The fraction of sp³-hybridized carbons (Fsp3) is 0. The smallest absolute Gasteiger partial charge is 0.271 e. The fourth-order valence-electron chi connectivity index (χ4n) is 2.26. The van der Waals surface area contributed by atoms with Gasteiger partial charge in [0, 0.05) is 28.9 Å². The fourth-order valence-corrected chi connectivity index (χ4v) is 4.31. The molecule has 0 aliphatic heterocycles. The number of amides is 1. The average molecular weight is 430 g/mol. The number of non-ortho nitro benzene ring substituents is 1. The number of sulfonamides is 1. The maximum absolute atomic E-state index is 12.2. The maximum atomic E-state index is 12.2. The molecule has 0 saturated heterocycles. The third-order valence-corrected chi connectivity index (χ3v) is 6.40. The predicted molar refractivity (Wildman–Crippen MR) is 110 cm³/mol. The average Bonchev–Trinajstić information content (AvgIpc) is 3.24. The molecule has 0 spiro atoms. The highest BCUT2D eigenvalue weighted by Crippen LogP contribution is 2.20. The molecule has 0 aliphatic carbocycles. The number of thiophene rings is 1. The van der Waals surface area contributed by atoms with Gasteiger partial charge in [-0.15, -0.1) is 11.3 Å². The highest BCUT2D eigenvalue weighted by molar-refractivity contribution is 7.94. The van der Waals surface area contributed by atoms with Crippen LogP contribution in [0.1, 0.15) is 15.9 Å². The SMILES string of the molecule is O=C(N/N=C/c1cccc([N+](=O)[O-])c1)c1ccc(NS(=O)(=O)c2cccs2)cc1. The number of rotatable bonds is 7. The Hall–Kier alpha value is -3.57. The lowest BCUT2D eigenvalue weighted by Gasteiger charge is -2.07. The zero-order valence-corrected chi connectivity index (χ0v) is 16.3. The summed E-state index contributed by atoms with van der Waals surface area (Å²) in [6.45, 7) is 0. The molecule has 0 bridgehead atoms. The lowest BCUT2D eigenvalue weighted by atomic mass is 10.2. The molecule has 9 nitrogen and oxygen atoms in total. The summed E-state index contributed by atoms with van der Waals surface area (Å²) in [5, 5.41) is 16.2. The second-order valence-electron chi connectivity index (χ2n) is 5.67. The van der Waals surface area contributed by atoms with Gasteiger partial charge < -0.3 is 0 Å². The van der Waals surface area contributed by atoms with Gasteiger partial charge in [0.05, 0.1) is 11.1 Å². The van der Waals surface area contributed by atoms with Crippen molar-refractivity contribution in [2.75, 3.05) is 4.72 Å². The van der Waals surface area contributed by atoms with Crippen molar-refractivity contribution in [3.05, 3.63) is 87.3 Å². The summed E-state index contributed by atoms with van der Waals surface area (Å²) >= 11 is 1.10. The molecule has 148 valence electrons. The summed E-state index contributed by atoms with van der Waals surface area (Å²) in [4.78, 5) is 22.3. The number of carbonyl (C=O) groups excluding carboxylic acids is 1. The highest BCUT2D eigenvalue weighted by Gasteiger charge is 2.15. The van der Waals surface area contributed by atoms with Crippen molar-refractivity contribution < 1.29 is 18.1 Å². The first-order chi connectivity index (χ1) is 13.8. The summed E-state index contributed by atoms with van der Waals surface area (Å²) in [5.41, 5.74) is 3.26. The van der Waals surface area contributed by atoms with Crippen LogP contribution in [0.15, 0.2) is 75.4 Å². The molecule has 29 heavy (non-hydrogen) atoms. The quantitative estimate of drug-likeness (QED) is 0.338. The summed E-state index contributed by atoms with van der Waals surface area (Å²) in [5.74, 6) is -0.514. The number of nitrogens with one attached hydrogen (secondary N) is 2. The summed E-state index contributed by atoms with van der Waals surface area (Å²) in [6.07, 6.45) is 1.29. The van der Waals surface area contributed by atoms with Crippen molar-refractivity contribution >= 4 is 44.9 Å². The van der Waals surface area contributed by atoms with Gasteiger partial charge in [-0.3, -0.25) is 19.6 Å². The first-order valence-electron chi connectivity index (χ1n) is 8.09. The van der Waals surface area contributed by atoms with Gasteiger partial charge in [0.15, 0.2) is 0 Å². The Bertz CT molecular complexity index is 1160. The number of anilines is 1. The number of nitro benzene ring substituents is 1. The molecule has 3 rings (SSSR count). The van der Waals surface area contributed by atoms with Gasteiger partial charge in [-0.1, -0.05) is 18.2 Å². The van der Waals surface area contributed by atoms with E-state index in [0.29, 0.717) is 11.3 Å². The predicted octanol–water partition coefficient (Wildman–Crippen LogP) is 3.22. The first kappa shape index (κ1) is 20.2. The van der Waals surface area contributed by atoms with Crippen molar-refractivity contribution in [3.63, 3.8) is 0 Å². The molecule has 3 aromatic rings. The van der Waals surface area contributed by atoms with Gasteiger partial charge in [-0.05, 0) is 35.7 Å². The summed E-state index contributed by atoms with van der Waals surface area (Å²) in [7, 11) is -3.66. The highest BCUT2D eigenvalue weighted by atomic mass is 32.2. The molecule has 2 aromatic carbocycles. The van der Waals surface area contributed by atoms with E-state index < -0.39 is 20.9 Å². The standard InChI is InChI=1S/C18H14N4O5S2/c23-18(20-19-12-13-3-1-4-16(11-13)22(24)25)14-6-8-15(9-7-14)21-29(26,27)17-5-2-10-28-17/h1-12,21H,(H,20,23)/b19-12+. The number of benzene rings is 2. The van der Waals surface area contributed by atoms with E-state index in [1.165, 1.54) is 54.7 Å². The largest absolute Gasteiger partial charge is 0.279 e. The van der Waals surface area contributed by atoms with E-state index in [1.54, 1.807) is 17.5 Å². The minimum Gasteiger partial charge on any atom is -0.279 e. The number of hydrazone groups is 1. The number of carbonyl (C=O) groups is 1. The number of nitrogens with zero attached hydrogens (tertiary/aromatic N) is 2. The topological polar surface area (TPSA) is 131 Å². The van der Waals surface area contributed by atoms with E-state index in [2.05, 4.69) is 15.2 Å². The minimum absolute atomic E-state index is 0.0825. The van der Waals surface area contributed by atoms with Gasteiger partial charge in [-0.2, -0.15) is 5.10 Å². The van der Waals surface area contributed by atoms with Gasteiger partial charge in [0.2, 0.25) is 0 Å². The first-order valence-corrected chi connectivity index (χ1v) is 10.5. The van der Waals surface area contributed by atoms with Crippen LogP contribution in [-0.4, -0.2) is 25.5 Å². The molecule has 2 N–H and O–H groups in total. The minimum atomic E-state index is -3.66. The van der Waals surface area contributed by atoms with Crippen molar-refractivity contribution in [1.82, 2.24) is 5.43 Å². The van der Waals surface area contributed by atoms with E-state index in [4.69, 9.17) is 0 Å². The van der Waals surface area contributed by atoms with Crippen LogP contribution in [0.5, 0.6) is 0 Å². The van der Waals surface area contributed by atoms with E-state index in [0.717, 1.165) is 11.3 Å². The van der Waals surface area contributed by atoms with Crippen molar-refractivity contribution in [3.8, 4) is 0 Å². The van der Waals surface area contributed by atoms with Crippen LogP contribution < -0.4 is 10.1 Å². The zero-order valence-electron chi connectivity index (χ0n) is 14.7. The van der Waals surface area contributed by atoms with Crippen molar-refractivity contribution in [1.29, 1.82) is 0 Å². The lowest BCUT2D eigenvalue weighted by Crippen LogP contribution is -2.17. The number of hydrogen-bond acceptors (Lipinski definition) is 7. The lowest BCUT2D eigenvalue weighted by molar-refractivity contribution is -0.384. The van der Waals surface area contributed by atoms with E-state index in [9.17, 15) is 23.3 Å². The summed E-state index contributed by atoms with van der Waals surface area (Å²) < 4.78 is 27.0. The molecule has 0 unspecified atom stereocenters. The Morgan fingerprint density at radius 1 is 1.10 bits per heavy atom. The molecule has 0 atom stereocenters. The third-order valence-electron chi connectivity index (χ3n) is 3.62. The molecule has 0 radical (unpaired) electrons. The van der Waals surface area contributed by atoms with Crippen LogP contribution in [0, 0.1) is 10.1 Å². The monoisotopic (exact) mass is 430 g/mol. The molecule has 1 aromatic heterocycles. The van der Waals surface area contributed by atoms with Gasteiger partial charge in [-0.25, -0.2) is 13.8 Å². The molecule has 1 heterocycles. The Morgan fingerprint density at radius 2 is 1.86 bits per heavy atom. The molecule has 0 aliphatic rings. The molecule has 11 heteroatoms. The van der Waals surface area contributed by atoms with Crippen LogP contribution in [-0.2, 0) is 10.0 Å². The van der Waals surface area contributed by atoms with E-state index in [-0.39, 0.29) is 15.5 Å². The number of hydrogen-bond donors (Lipinski definition) is 2. The van der Waals surface area contributed by atoms with Gasteiger partial charge in [0.1, 0.15) is 4.21 Å². The Kier molecular flexibility index (Phi) is 6.00. The molecular formula is C18H14N4O5S2. The van der Waals surface area contributed by atoms with Crippen molar-refractivity contribution in [2.24, 2.45) is 5.10 Å². The molecular weight excluding hydrogens is 416 g/mol. The van der Waals surface area contributed by atoms with E-state index in [1.807, 2.05) is 0 Å². The summed E-state index contributed by atoms with van der Waals surface area (Å²) in [6, 6.07) is 14.8. The van der Waals surface area contributed by atoms with Crippen LogP contribution in [0.3, 0.4) is 0 Å². The second-order valence-corrected chi connectivity index (χ2v) is 8.52. The second kappa shape index (κ2) is 8.63. The van der Waals surface area contributed by atoms with E-state index >= 15 is 0 Å². The van der Waals surface area contributed by atoms with Gasteiger partial charge >= 0.3 is 0 Å².